The number of hydrogen-bond acceptors (Lipinski definition) is 3. The van der Waals surface area contributed by atoms with Gasteiger partial charge in [0.2, 0.25) is 0 Å². The zero-order valence-corrected chi connectivity index (χ0v) is 17.6. The van der Waals surface area contributed by atoms with Crippen molar-refractivity contribution in [3.63, 3.8) is 0 Å². The molecule has 0 radical (unpaired) electrons. The molecule has 0 spiro atoms. The van der Waals surface area contributed by atoms with Crippen molar-refractivity contribution < 1.29 is 27.8 Å². The van der Waals surface area contributed by atoms with Gasteiger partial charge in [-0.05, 0) is 64.6 Å². The van der Waals surface area contributed by atoms with Crippen LogP contribution in [0.3, 0.4) is 0 Å². The third-order valence-corrected chi connectivity index (χ3v) is 5.61. The van der Waals surface area contributed by atoms with Crippen LogP contribution in [0.15, 0.2) is 66.7 Å². The molecule has 4 rings (SSSR count). The average molecular weight is 441 g/mol. The summed E-state index contributed by atoms with van der Waals surface area (Å²) in [5.74, 6) is -0.825. The van der Waals surface area contributed by atoms with Crippen LogP contribution in [0.25, 0.3) is 11.1 Å². The first kappa shape index (κ1) is 21.7. The Hall–Kier alpha value is -3.48. The highest BCUT2D eigenvalue weighted by Gasteiger charge is 2.35. The molecule has 1 N–H and O–H groups in total. The summed E-state index contributed by atoms with van der Waals surface area (Å²) in [5.41, 5.74) is 5.18. The molecular formula is C25H22F3NO3. The number of rotatable bonds is 5. The van der Waals surface area contributed by atoms with Gasteiger partial charge in [0.15, 0.2) is 0 Å². The van der Waals surface area contributed by atoms with E-state index in [9.17, 15) is 23.1 Å². The number of ether oxygens (including phenoxy) is 1. The molecule has 0 aromatic heterocycles. The van der Waals surface area contributed by atoms with Crippen LogP contribution in [0.2, 0.25) is 0 Å². The maximum Gasteiger partial charge on any atom is 0.573 e. The monoisotopic (exact) mass is 441 g/mol. The van der Waals surface area contributed by atoms with Crippen LogP contribution in [0.5, 0.6) is 5.75 Å². The highest BCUT2D eigenvalue weighted by molar-refractivity contribution is 5.88. The molecule has 3 aromatic carbocycles. The maximum atomic E-state index is 12.4. The van der Waals surface area contributed by atoms with Gasteiger partial charge in [-0.2, -0.15) is 0 Å². The number of hydrogen-bond donors (Lipinski definition) is 1. The van der Waals surface area contributed by atoms with E-state index in [0.717, 1.165) is 22.5 Å². The highest BCUT2D eigenvalue weighted by Crippen LogP contribution is 2.41. The quantitative estimate of drug-likeness (QED) is 0.490. The van der Waals surface area contributed by atoms with E-state index in [2.05, 4.69) is 18.6 Å². The summed E-state index contributed by atoms with van der Waals surface area (Å²) in [5, 5.41) is 9.82. The topological polar surface area (TPSA) is 49.8 Å². The fraction of sp³-hybridized carbons (Fsp3) is 0.240. The lowest BCUT2D eigenvalue weighted by atomic mass is 10.0. The Balaban J connectivity index is 1.65. The third kappa shape index (κ3) is 4.42. The Labute approximate surface area is 183 Å². The summed E-state index contributed by atoms with van der Waals surface area (Å²) >= 11 is 0. The Kier molecular flexibility index (Phi) is 5.59. The molecule has 0 amide bonds. The van der Waals surface area contributed by atoms with E-state index in [1.165, 1.54) is 17.7 Å². The standard InChI is InChI=1S/C25H22F3NO3/c1-15(2)16-3-8-20(9-4-16)29-22-12-7-18(13-19(22)14-23(29)24(30)31)17-5-10-21(11-6-17)32-25(26,27)28/h3-13,15,23H,14H2,1-2H3,(H,30,31). The van der Waals surface area contributed by atoms with Crippen molar-refractivity contribution in [3.8, 4) is 16.9 Å². The Morgan fingerprint density at radius 1 is 1.00 bits per heavy atom. The number of alkyl halides is 3. The van der Waals surface area contributed by atoms with Crippen LogP contribution in [-0.4, -0.2) is 23.5 Å². The number of halogens is 3. The fourth-order valence-corrected chi connectivity index (χ4v) is 4.02. The second-order valence-corrected chi connectivity index (χ2v) is 8.09. The lowest BCUT2D eigenvalue weighted by Gasteiger charge is -2.25. The zero-order chi connectivity index (χ0) is 23.0. The van der Waals surface area contributed by atoms with E-state index in [1.807, 2.05) is 47.4 Å². The van der Waals surface area contributed by atoms with Crippen LogP contribution in [0, 0.1) is 0 Å². The largest absolute Gasteiger partial charge is 0.573 e. The van der Waals surface area contributed by atoms with Gasteiger partial charge < -0.3 is 14.7 Å². The molecule has 0 aliphatic carbocycles. The Morgan fingerprint density at radius 3 is 2.19 bits per heavy atom. The van der Waals surface area contributed by atoms with Gasteiger partial charge in [0, 0.05) is 17.8 Å². The summed E-state index contributed by atoms with van der Waals surface area (Å²) in [7, 11) is 0. The fourth-order valence-electron chi connectivity index (χ4n) is 4.02. The minimum Gasteiger partial charge on any atom is -0.480 e. The lowest BCUT2D eigenvalue weighted by Crippen LogP contribution is -2.35. The molecule has 0 saturated heterocycles. The third-order valence-electron chi connectivity index (χ3n) is 5.61. The number of carbonyl (C=O) groups is 1. The van der Waals surface area contributed by atoms with Crippen molar-refractivity contribution in [1.29, 1.82) is 0 Å². The summed E-state index contributed by atoms with van der Waals surface area (Å²) in [4.78, 5) is 13.8. The Morgan fingerprint density at radius 2 is 1.62 bits per heavy atom. The van der Waals surface area contributed by atoms with Crippen molar-refractivity contribution in [3.05, 3.63) is 77.9 Å². The van der Waals surface area contributed by atoms with Gasteiger partial charge in [0.05, 0.1) is 0 Å². The molecule has 1 heterocycles. The molecule has 0 bridgehead atoms. The van der Waals surface area contributed by atoms with E-state index in [0.29, 0.717) is 17.9 Å². The molecule has 0 saturated carbocycles. The van der Waals surface area contributed by atoms with Crippen molar-refractivity contribution in [2.24, 2.45) is 0 Å². The van der Waals surface area contributed by atoms with Gasteiger partial charge in [-0.15, -0.1) is 13.2 Å². The predicted octanol–water partition coefficient (Wildman–Crippen LogP) is 6.52. The second-order valence-electron chi connectivity index (χ2n) is 8.09. The number of carboxylic acids is 1. The van der Waals surface area contributed by atoms with Crippen LogP contribution in [0.4, 0.5) is 24.5 Å². The number of nitrogens with zero attached hydrogens (tertiary/aromatic N) is 1. The minimum atomic E-state index is -4.74. The summed E-state index contributed by atoms with van der Waals surface area (Å²) < 4.78 is 41.1. The maximum absolute atomic E-state index is 12.4. The molecule has 0 fully saturated rings. The van der Waals surface area contributed by atoms with Crippen LogP contribution < -0.4 is 9.64 Å². The van der Waals surface area contributed by atoms with Gasteiger partial charge >= 0.3 is 12.3 Å². The molecular weight excluding hydrogens is 419 g/mol. The molecule has 1 aliphatic heterocycles. The smallest absolute Gasteiger partial charge is 0.480 e. The first-order valence-electron chi connectivity index (χ1n) is 10.2. The SMILES string of the molecule is CC(C)c1ccc(N2c3ccc(-c4ccc(OC(F)(F)F)cc4)cc3CC2C(=O)O)cc1. The van der Waals surface area contributed by atoms with Gasteiger partial charge in [0.25, 0.3) is 0 Å². The van der Waals surface area contributed by atoms with Crippen molar-refractivity contribution in [2.45, 2.75) is 38.6 Å². The van der Waals surface area contributed by atoms with E-state index in [-0.39, 0.29) is 5.75 Å². The highest BCUT2D eigenvalue weighted by atomic mass is 19.4. The van der Waals surface area contributed by atoms with Gasteiger partial charge in [-0.3, -0.25) is 0 Å². The molecule has 166 valence electrons. The van der Waals surface area contributed by atoms with Crippen molar-refractivity contribution in [1.82, 2.24) is 0 Å². The molecule has 7 heteroatoms. The molecule has 3 aromatic rings. The van der Waals surface area contributed by atoms with Crippen molar-refractivity contribution in [2.75, 3.05) is 4.90 Å². The van der Waals surface area contributed by atoms with Gasteiger partial charge in [-0.25, -0.2) is 4.79 Å². The first-order chi connectivity index (χ1) is 15.1. The van der Waals surface area contributed by atoms with Crippen LogP contribution in [0.1, 0.15) is 30.9 Å². The first-order valence-corrected chi connectivity index (χ1v) is 10.2. The van der Waals surface area contributed by atoms with E-state index in [4.69, 9.17) is 0 Å². The summed E-state index contributed by atoms with van der Waals surface area (Å²) in [6, 6.07) is 18.4. The number of aliphatic carboxylic acids is 1. The predicted molar refractivity (Wildman–Crippen MR) is 116 cm³/mol. The minimum absolute atomic E-state index is 0.288. The van der Waals surface area contributed by atoms with Crippen molar-refractivity contribution >= 4 is 17.3 Å². The molecule has 1 atom stereocenters. The number of anilines is 2. The summed E-state index contributed by atoms with van der Waals surface area (Å²) in [6.45, 7) is 4.20. The molecule has 1 unspecified atom stereocenters. The molecule has 4 nitrogen and oxygen atoms in total. The second kappa shape index (κ2) is 8.22. The number of fused-ring (bicyclic) bond motifs is 1. The molecule has 1 aliphatic rings. The number of benzene rings is 3. The molecule has 32 heavy (non-hydrogen) atoms. The van der Waals surface area contributed by atoms with E-state index < -0.39 is 18.4 Å². The van der Waals surface area contributed by atoms with E-state index in [1.54, 1.807) is 12.1 Å². The van der Waals surface area contributed by atoms with Crippen LogP contribution in [-0.2, 0) is 11.2 Å². The Bertz CT molecular complexity index is 1120. The van der Waals surface area contributed by atoms with Gasteiger partial charge in [0.1, 0.15) is 11.8 Å². The van der Waals surface area contributed by atoms with E-state index >= 15 is 0 Å². The van der Waals surface area contributed by atoms with Crippen LogP contribution >= 0.6 is 0 Å². The normalized spacial score (nSPS) is 15.7. The number of carboxylic acid groups (broad SMARTS) is 1. The summed E-state index contributed by atoms with van der Waals surface area (Å²) in [6.07, 6.45) is -4.41. The van der Waals surface area contributed by atoms with Gasteiger partial charge in [-0.1, -0.05) is 44.2 Å². The lowest BCUT2D eigenvalue weighted by molar-refractivity contribution is -0.274. The zero-order valence-electron chi connectivity index (χ0n) is 17.6. The average Bonchev–Trinajstić information content (AvgIpc) is 3.12.